The van der Waals surface area contributed by atoms with E-state index in [-0.39, 0.29) is 11.7 Å². The molecule has 0 spiro atoms. The number of nitrogens with zero attached hydrogens (tertiary/aromatic N) is 1. The number of aromatic nitrogens is 2. The number of rotatable bonds is 5. The predicted molar refractivity (Wildman–Crippen MR) is 91.5 cm³/mol. The number of benzene rings is 2. The smallest absolute Gasteiger partial charge is 0.252 e. The Morgan fingerprint density at radius 3 is 2.67 bits per heavy atom. The lowest BCUT2D eigenvalue weighted by atomic mass is 10.2. The molecule has 24 heavy (non-hydrogen) atoms. The van der Waals surface area contributed by atoms with Crippen LogP contribution in [0.2, 0.25) is 5.02 Å². The van der Waals surface area contributed by atoms with Crippen LogP contribution in [0.3, 0.4) is 0 Å². The van der Waals surface area contributed by atoms with E-state index in [9.17, 15) is 9.18 Å². The summed E-state index contributed by atoms with van der Waals surface area (Å²) in [6, 6.07) is 13.1. The van der Waals surface area contributed by atoms with E-state index in [1.54, 1.807) is 42.6 Å². The topological polar surface area (TPSA) is 57.8 Å². The van der Waals surface area contributed by atoms with E-state index in [4.69, 9.17) is 11.6 Å². The average molecular weight is 344 g/mol. The normalized spacial score (nSPS) is 10.6. The Kier molecular flexibility index (Phi) is 4.91. The molecule has 122 valence electrons. The lowest BCUT2D eigenvalue weighted by Crippen LogP contribution is -2.26. The summed E-state index contributed by atoms with van der Waals surface area (Å²) in [4.78, 5) is 19.5. The Morgan fingerprint density at radius 1 is 1.17 bits per heavy atom. The molecule has 0 atom stereocenters. The van der Waals surface area contributed by atoms with Gasteiger partial charge in [0.2, 0.25) is 0 Å². The number of hydrogen-bond donors (Lipinski definition) is 2. The lowest BCUT2D eigenvalue weighted by molar-refractivity contribution is 0.0954. The third-order valence-corrected chi connectivity index (χ3v) is 3.88. The van der Waals surface area contributed by atoms with Crippen molar-refractivity contribution in [2.75, 3.05) is 6.54 Å². The van der Waals surface area contributed by atoms with Crippen molar-refractivity contribution in [3.8, 4) is 11.3 Å². The highest BCUT2D eigenvalue weighted by Crippen LogP contribution is 2.17. The fourth-order valence-corrected chi connectivity index (χ4v) is 2.52. The Morgan fingerprint density at radius 2 is 1.92 bits per heavy atom. The van der Waals surface area contributed by atoms with E-state index in [1.165, 1.54) is 12.1 Å². The van der Waals surface area contributed by atoms with Crippen molar-refractivity contribution in [2.45, 2.75) is 6.42 Å². The maximum absolute atomic E-state index is 12.9. The Labute approximate surface area is 143 Å². The van der Waals surface area contributed by atoms with Crippen LogP contribution in [0, 0.1) is 5.82 Å². The van der Waals surface area contributed by atoms with Crippen LogP contribution in [0.5, 0.6) is 0 Å². The second-order valence-electron chi connectivity index (χ2n) is 5.24. The minimum absolute atomic E-state index is 0.217. The zero-order chi connectivity index (χ0) is 16.9. The second-order valence-corrected chi connectivity index (χ2v) is 5.64. The van der Waals surface area contributed by atoms with Crippen molar-refractivity contribution >= 4 is 17.5 Å². The monoisotopic (exact) mass is 343 g/mol. The van der Waals surface area contributed by atoms with Crippen LogP contribution in [0.4, 0.5) is 4.39 Å². The molecule has 1 aromatic heterocycles. The predicted octanol–water partition coefficient (Wildman–Crippen LogP) is 3.84. The van der Waals surface area contributed by atoms with Gasteiger partial charge in [-0.15, -0.1) is 0 Å². The van der Waals surface area contributed by atoms with Gasteiger partial charge in [-0.2, -0.15) is 0 Å². The van der Waals surface area contributed by atoms with E-state index in [2.05, 4.69) is 15.3 Å². The molecule has 0 radical (unpaired) electrons. The maximum Gasteiger partial charge on any atom is 0.252 e. The molecule has 3 rings (SSSR count). The summed E-state index contributed by atoms with van der Waals surface area (Å²) in [5.41, 5.74) is 2.11. The number of nitrogens with one attached hydrogen (secondary N) is 2. The summed E-state index contributed by atoms with van der Waals surface area (Å²) in [7, 11) is 0. The summed E-state index contributed by atoms with van der Waals surface area (Å²) >= 11 is 5.99. The molecule has 4 nitrogen and oxygen atoms in total. The van der Waals surface area contributed by atoms with Gasteiger partial charge in [0.1, 0.15) is 11.6 Å². The van der Waals surface area contributed by atoms with E-state index >= 15 is 0 Å². The zero-order valence-electron chi connectivity index (χ0n) is 12.7. The number of amides is 1. The second kappa shape index (κ2) is 7.27. The summed E-state index contributed by atoms with van der Waals surface area (Å²) in [5, 5.41) is 3.23. The van der Waals surface area contributed by atoms with E-state index < -0.39 is 0 Å². The zero-order valence-corrected chi connectivity index (χ0v) is 13.5. The third-order valence-electron chi connectivity index (χ3n) is 3.55. The number of H-pyrrole nitrogens is 1. The van der Waals surface area contributed by atoms with Crippen molar-refractivity contribution in [1.82, 2.24) is 15.3 Å². The molecule has 0 bridgehead atoms. The summed E-state index contributed by atoms with van der Waals surface area (Å²) < 4.78 is 12.9. The van der Waals surface area contributed by atoms with Gasteiger partial charge in [-0.1, -0.05) is 23.7 Å². The van der Waals surface area contributed by atoms with Crippen molar-refractivity contribution in [1.29, 1.82) is 0 Å². The first-order valence-corrected chi connectivity index (χ1v) is 7.84. The molecule has 0 aliphatic rings. The number of halogens is 2. The molecule has 2 aromatic carbocycles. The first-order valence-electron chi connectivity index (χ1n) is 7.46. The van der Waals surface area contributed by atoms with Crippen LogP contribution in [0.25, 0.3) is 11.3 Å². The molecule has 0 fully saturated rings. The van der Waals surface area contributed by atoms with Crippen molar-refractivity contribution in [3.63, 3.8) is 0 Å². The van der Waals surface area contributed by atoms with Crippen LogP contribution >= 0.6 is 11.6 Å². The number of hydrogen-bond acceptors (Lipinski definition) is 2. The molecule has 2 N–H and O–H groups in total. The minimum Gasteiger partial charge on any atom is -0.352 e. The first-order chi connectivity index (χ1) is 11.6. The van der Waals surface area contributed by atoms with Gasteiger partial charge in [0.15, 0.2) is 0 Å². The van der Waals surface area contributed by atoms with E-state index in [1.807, 2.05) is 0 Å². The van der Waals surface area contributed by atoms with Gasteiger partial charge in [0.05, 0.1) is 22.5 Å². The molecular weight excluding hydrogens is 329 g/mol. The van der Waals surface area contributed by atoms with E-state index in [0.29, 0.717) is 23.6 Å². The summed E-state index contributed by atoms with van der Waals surface area (Å²) in [6.07, 6.45) is 2.25. The molecule has 6 heteroatoms. The SMILES string of the molecule is O=C(NCCc1ncc(-c2ccc(F)cc2)[nH]1)c1ccccc1Cl. The fraction of sp³-hybridized carbons (Fsp3) is 0.111. The molecule has 0 aliphatic heterocycles. The molecule has 1 amide bonds. The first kappa shape index (κ1) is 16.2. The maximum atomic E-state index is 12.9. The fourth-order valence-electron chi connectivity index (χ4n) is 2.30. The van der Waals surface area contributed by atoms with Crippen molar-refractivity contribution < 1.29 is 9.18 Å². The van der Waals surface area contributed by atoms with Crippen LogP contribution in [-0.2, 0) is 6.42 Å². The average Bonchev–Trinajstić information content (AvgIpc) is 3.04. The number of carbonyl (C=O) groups is 1. The van der Waals surface area contributed by atoms with Crippen molar-refractivity contribution in [3.05, 3.63) is 77.0 Å². The van der Waals surface area contributed by atoms with Gasteiger partial charge < -0.3 is 10.3 Å². The molecule has 3 aromatic rings. The quantitative estimate of drug-likeness (QED) is 0.739. The minimum atomic E-state index is -0.277. The highest BCUT2D eigenvalue weighted by atomic mass is 35.5. The molecular formula is C18H15ClFN3O. The highest BCUT2D eigenvalue weighted by molar-refractivity contribution is 6.33. The van der Waals surface area contributed by atoms with Crippen LogP contribution in [-0.4, -0.2) is 22.4 Å². The third kappa shape index (κ3) is 3.81. The Bertz CT molecular complexity index is 845. The van der Waals surface area contributed by atoms with Gasteiger partial charge >= 0.3 is 0 Å². The number of aromatic amines is 1. The van der Waals surface area contributed by atoms with Gasteiger partial charge in [0.25, 0.3) is 5.91 Å². The largest absolute Gasteiger partial charge is 0.352 e. The lowest BCUT2D eigenvalue weighted by Gasteiger charge is -2.05. The van der Waals surface area contributed by atoms with Crippen molar-refractivity contribution in [2.24, 2.45) is 0 Å². The van der Waals surface area contributed by atoms with Crippen LogP contribution in [0.1, 0.15) is 16.2 Å². The highest BCUT2D eigenvalue weighted by Gasteiger charge is 2.09. The van der Waals surface area contributed by atoms with Gasteiger partial charge in [-0.25, -0.2) is 9.37 Å². The Balaban J connectivity index is 1.57. The molecule has 0 saturated heterocycles. The van der Waals surface area contributed by atoms with E-state index in [0.717, 1.165) is 17.1 Å². The molecule has 0 unspecified atom stereocenters. The Hall–Kier alpha value is -2.66. The molecule has 0 aliphatic carbocycles. The van der Waals surface area contributed by atoms with Crippen LogP contribution in [0.15, 0.2) is 54.7 Å². The molecule has 0 saturated carbocycles. The summed E-state index contributed by atoms with van der Waals surface area (Å²) in [6.45, 7) is 0.431. The summed E-state index contributed by atoms with van der Waals surface area (Å²) in [5.74, 6) is 0.250. The number of carbonyl (C=O) groups excluding carboxylic acids is 1. The number of imidazole rings is 1. The van der Waals surface area contributed by atoms with Gasteiger partial charge in [-0.05, 0) is 42.0 Å². The van der Waals surface area contributed by atoms with Gasteiger partial charge in [-0.3, -0.25) is 4.79 Å². The van der Waals surface area contributed by atoms with Gasteiger partial charge in [0, 0.05) is 13.0 Å². The molecule has 1 heterocycles. The van der Waals surface area contributed by atoms with Crippen LogP contribution < -0.4 is 5.32 Å². The standard InChI is InChI=1S/C18H15ClFN3O/c19-15-4-2-1-3-14(15)18(24)21-10-9-17-22-11-16(23-17)12-5-7-13(20)8-6-12/h1-8,11H,9-10H2,(H,21,24)(H,22,23).